The highest BCUT2D eigenvalue weighted by Crippen LogP contribution is 2.28. The number of carbonyl (C=O) groups excluding carboxylic acids is 1. The van der Waals surface area contributed by atoms with Gasteiger partial charge in [-0.1, -0.05) is 101 Å². The van der Waals surface area contributed by atoms with Gasteiger partial charge in [0.2, 0.25) is 0 Å². The molecule has 0 unspecified atom stereocenters. The molecule has 0 atom stereocenters. The first-order valence-corrected chi connectivity index (χ1v) is 15.8. The van der Waals surface area contributed by atoms with Gasteiger partial charge in [0, 0.05) is 24.4 Å². The van der Waals surface area contributed by atoms with Crippen LogP contribution in [0.2, 0.25) is 5.02 Å². The fraction of sp³-hybridized carbons (Fsp3) is 0.531. The molecule has 4 nitrogen and oxygen atoms in total. The molecule has 1 N–H and O–H groups in total. The smallest absolute Gasteiger partial charge is 0.255 e. The summed E-state index contributed by atoms with van der Waals surface area (Å²) in [6.07, 6.45) is 18.1. The van der Waals surface area contributed by atoms with Crippen molar-refractivity contribution in [2.24, 2.45) is 0 Å². The summed E-state index contributed by atoms with van der Waals surface area (Å²) >= 11 is 8.29. The Balaban J connectivity index is 0.00000533. The molecule has 1 aliphatic rings. The molecule has 0 spiro atoms. The van der Waals surface area contributed by atoms with Crippen LogP contribution < -0.4 is 10.1 Å². The van der Waals surface area contributed by atoms with Gasteiger partial charge >= 0.3 is 0 Å². The molecule has 0 radical (unpaired) electrons. The number of allylic oxidation sites excluding steroid dienone is 1. The minimum atomic E-state index is -0.170. The maximum atomic E-state index is 12.7. The van der Waals surface area contributed by atoms with E-state index < -0.39 is 0 Å². The normalized spacial score (nSPS) is 12.7. The maximum Gasteiger partial charge on any atom is 0.255 e. The third kappa shape index (κ3) is 13.1. The van der Waals surface area contributed by atoms with Gasteiger partial charge in [0.15, 0.2) is 0 Å². The standard InChI is InChI=1S/C32H45ClN2O2S.BrH/c1-3-4-5-6-7-8-9-10-11-12-13-14-21-37-29-19-20-31(30(33)22-29)34-32(36)28-17-15-27(16-18-28)24-35-23-26(2)38-25-35;/h15-20,22-23H,3-14,21,24-25H2,1-2H3,(H,34,36);1H. The molecule has 216 valence electrons. The first kappa shape index (κ1) is 33.6. The second-order valence-electron chi connectivity index (χ2n) is 10.3. The van der Waals surface area contributed by atoms with Crippen molar-refractivity contribution in [3.8, 4) is 5.75 Å². The summed E-state index contributed by atoms with van der Waals surface area (Å²) in [7, 11) is 0. The van der Waals surface area contributed by atoms with Crippen LogP contribution in [0.1, 0.15) is 107 Å². The van der Waals surface area contributed by atoms with Crippen LogP contribution in [0.15, 0.2) is 53.6 Å². The second-order valence-corrected chi connectivity index (χ2v) is 11.9. The zero-order valence-corrected chi connectivity index (χ0v) is 27.0. The maximum absolute atomic E-state index is 12.7. The van der Waals surface area contributed by atoms with Gasteiger partial charge in [0.25, 0.3) is 5.91 Å². The number of rotatable bonds is 18. The van der Waals surface area contributed by atoms with Crippen LogP contribution in [-0.4, -0.2) is 23.3 Å². The lowest BCUT2D eigenvalue weighted by atomic mass is 10.1. The molecule has 3 rings (SSSR count). The van der Waals surface area contributed by atoms with Gasteiger partial charge in [0.05, 0.1) is 23.2 Å². The van der Waals surface area contributed by atoms with Crippen molar-refractivity contribution in [3.63, 3.8) is 0 Å². The molecule has 1 aliphatic heterocycles. The van der Waals surface area contributed by atoms with Crippen molar-refractivity contribution < 1.29 is 9.53 Å². The van der Waals surface area contributed by atoms with Crippen LogP contribution in [0.5, 0.6) is 5.75 Å². The topological polar surface area (TPSA) is 41.6 Å². The van der Waals surface area contributed by atoms with E-state index in [-0.39, 0.29) is 22.9 Å². The summed E-state index contributed by atoms with van der Waals surface area (Å²) in [6.45, 7) is 5.94. The molecule has 0 bridgehead atoms. The van der Waals surface area contributed by atoms with Crippen LogP contribution in [0, 0.1) is 0 Å². The predicted octanol–water partition coefficient (Wildman–Crippen LogP) is 10.6. The fourth-order valence-electron chi connectivity index (χ4n) is 4.62. The number of hydrogen-bond donors (Lipinski definition) is 1. The zero-order valence-electron chi connectivity index (χ0n) is 23.7. The van der Waals surface area contributed by atoms with E-state index in [1.807, 2.05) is 48.2 Å². The molecule has 0 aliphatic carbocycles. The number of hydrogen-bond acceptors (Lipinski definition) is 4. The summed E-state index contributed by atoms with van der Waals surface area (Å²) in [4.78, 5) is 16.3. The van der Waals surface area contributed by atoms with Crippen LogP contribution in [0.4, 0.5) is 5.69 Å². The van der Waals surface area contributed by atoms with Crippen molar-refractivity contribution in [2.75, 3.05) is 17.8 Å². The highest BCUT2D eigenvalue weighted by Gasteiger charge is 2.12. The van der Waals surface area contributed by atoms with Crippen LogP contribution in [-0.2, 0) is 6.54 Å². The van der Waals surface area contributed by atoms with Gasteiger partial charge in [-0.3, -0.25) is 4.79 Å². The van der Waals surface area contributed by atoms with E-state index in [9.17, 15) is 4.79 Å². The summed E-state index contributed by atoms with van der Waals surface area (Å²) in [5.41, 5.74) is 2.38. The number of amides is 1. The first-order chi connectivity index (χ1) is 18.5. The highest BCUT2D eigenvalue weighted by atomic mass is 79.9. The lowest BCUT2D eigenvalue weighted by Crippen LogP contribution is -2.14. The van der Waals surface area contributed by atoms with Gasteiger partial charge in [0.1, 0.15) is 5.75 Å². The third-order valence-corrected chi connectivity index (χ3v) is 8.21. The van der Waals surface area contributed by atoms with Gasteiger partial charge in [-0.25, -0.2) is 0 Å². The average molecular weight is 638 g/mol. The van der Waals surface area contributed by atoms with Crippen LogP contribution >= 0.6 is 40.3 Å². The number of unbranched alkanes of at least 4 members (excludes halogenated alkanes) is 11. The molecule has 0 saturated carbocycles. The number of carbonyl (C=O) groups is 1. The molecule has 2 aromatic carbocycles. The molecule has 39 heavy (non-hydrogen) atoms. The van der Waals surface area contributed by atoms with Gasteiger partial charge in [-0.05, 0) is 48.1 Å². The van der Waals surface area contributed by atoms with E-state index in [0.29, 0.717) is 22.9 Å². The Morgan fingerprint density at radius 1 is 0.923 bits per heavy atom. The van der Waals surface area contributed by atoms with E-state index in [1.54, 1.807) is 6.07 Å². The van der Waals surface area contributed by atoms with Crippen LogP contribution in [0.25, 0.3) is 0 Å². The highest BCUT2D eigenvalue weighted by molar-refractivity contribution is 8.93. The Morgan fingerprint density at radius 3 is 2.10 bits per heavy atom. The van der Waals surface area contributed by atoms with Gasteiger partial charge in [-0.2, -0.15) is 0 Å². The lowest BCUT2D eigenvalue weighted by Gasteiger charge is -2.14. The summed E-state index contributed by atoms with van der Waals surface area (Å²) in [5, 5.41) is 3.40. The summed E-state index contributed by atoms with van der Waals surface area (Å²) in [5.74, 6) is 1.55. The Kier molecular flexibility index (Phi) is 16.7. The zero-order chi connectivity index (χ0) is 27.0. The van der Waals surface area contributed by atoms with Gasteiger partial charge in [-0.15, -0.1) is 28.7 Å². The first-order valence-electron chi connectivity index (χ1n) is 14.4. The molecule has 0 saturated heterocycles. The predicted molar refractivity (Wildman–Crippen MR) is 175 cm³/mol. The minimum absolute atomic E-state index is 0. The summed E-state index contributed by atoms with van der Waals surface area (Å²) in [6, 6.07) is 13.2. The largest absolute Gasteiger partial charge is 0.494 e. The van der Waals surface area contributed by atoms with Crippen LogP contribution in [0.3, 0.4) is 0 Å². The molecule has 1 amide bonds. The minimum Gasteiger partial charge on any atom is -0.494 e. The average Bonchev–Trinajstić information content (AvgIpc) is 3.33. The Labute approximate surface area is 256 Å². The SMILES string of the molecule is Br.CCCCCCCCCCCCCCOc1ccc(NC(=O)c2ccc(CN3C=C(C)SC3)cc2)c(Cl)c1. The number of anilines is 1. The molecule has 7 heteroatoms. The van der Waals surface area contributed by atoms with E-state index >= 15 is 0 Å². The molecule has 2 aromatic rings. The van der Waals surface area contributed by atoms with Crippen molar-refractivity contribution in [1.29, 1.82) is 0 Å². The molecule has 0 fully saturated rings. The number of nitrogens with one attached hydrogen (secondary N) is 1. The Morgan fingerprint density at radius 2 is 1.54 bits per heavy atom. The van der Waals surface area contributed by atoms with E-state index in [2.05, 4.69) is 30.3 Å². The van der Waals surface area contributed by atoms with Crippen molar-refractivity contribution in [1.82, 2.24) is 4.90 Å². The monoisotopic (exact) mass is 636 g/mol. The van der Waals surface area contributed by atoms with Crippen molar-refractivity contribution in [2.45, 2.75) is 97.4 Å². The number of ether oxygens (including phenoxy) is 1. The number of halogens is 2. The Hall–Kier alpha value is -1.63. The van der Waals surface area contributed by atoms with E-state index in [4.69, 9.17) is 16.3 Å². The van der Waals surface area contributed by atoms with E-state index in [0.717, 1.165) is 24.6 Å². The molecule has 0 aromatic heterocycles. The van der Waals surface area contributed by atoms with Crippen molar-refractivity contribution in [3.05, 3.63) is 69.7 Å². The summed E-state index contributed by atoms with van der Waals surface area (Å²) < 4.78 is 5.89. The lowest BCUT2D eigenvalue weighted by molar-refractivity contribution is 0.102. The molecular weight excluding hydrogens is 592 g/mol. The third-order valence-electron chi connectivity index (χ3n) is 6.88. The fourth-order valence-corrected chi connectivity index (χ4v) is 5.59. The van der Waals surface area contributed by atoms with Gasteiger partial charge < -0.3 is 15.0 Å². The second kappa shape index (κ2) is 19.4. The molecular formula is C32H46BrClN2O2S. The molecule has 1 heterocycles. The number of benzene rings is 2. The quantitative estimate of drug-likeness (QED) is 0.165. The Bertz CT molecular complexity index is 1020. The van der Waals surface area contributed by atoms with Crippen molar-refractivity contribution >= 4 is 51.9 Å². The number of nitrogens with zero attached hydrogens (tertiary/aromatic N) is 1. The van der Waals surface area contributed by atoms with E-state index in [1.165, 1.54) is 81.1 Å². The number of thioether (sulfide) groups is 1.